The van der Waals surface area contributed by atoms with E-state index >= 15 is 0 Å². The Bertz CT molecular complexity index is 753. The van der Waals surface area contributed by atoms with E-state index in [-0.39, 0.29) is 0 Å². The molecule has 0 radical (unpaired) electrons. The Balaban J connectivity index is 2.12. The SMILES string of the molecule is Nc1cn(-c2ccccn2)nc1-c1cc(Cl)ccc1Cl. The molecule has 0 amide bonds. The normalized spacial score (nSPS) is 10.7. The van der Waals surface area contributed by atoms with Crippen molar-refractivity contribution in [3.05, 3.63) is 58.8 Å². The van der Waals surface area contributed by atoms with Crippen LogP contribution in [0.3, 0.4) is 0 Å². The summed E-state index contributed by atoms with van der Waals surface area (Å²) in [4.78, 5) is 4.22. The molecule has 0 spiro atoms. The summed E-state index contributed by atoms with van der Waals surface area (Å²) in [6, 6.07) is 10.7. The first kappa shape index (κ1) is 13.0. The van der Waals surface area contributed by atoms with Crippen molar-refractivity contribution in [3.63, 3.8) is 0 Å². The lowest BCUT2D eigenvalue weighted by molar-refractivity contribution is 0.850. The molecular weight excluding hydrogens is 295 g/mol. The van der Waals surface area contributed by atoms with Gasteiger partial charge in [0.05, 0.1) is 16.9 Å². The van der Waals surface area contributed by atoms with Crippen LogP contribution in [-0.2, 0) is 0 Å². The second-order valence-electron chi connectivity index (χ2n) is 4.19. The molecule has 3 rings (SSSR count). The van der Waals surface area contributed by atoms with E-state index in [9.17, 15) is 0 Å². The minimum absolute atomic E-state index is 0.514. The maximum Gasteiger partial charge on any atom is 0.153 e. The molecule has 6 heteroatoms. The van der Waals surface area contributed by atoms with E-state index in [1.165, 1.54) is 0 Å². The lowest BCUT2D eigenvalue weighted by atomic mass is 10.1. The Morgan fingerprint density at radius 2 is 1.95 bits per heavy atom. The molecule has 0 aliphatic rings. The summed E-state index contributed by atoms with van der Waals surface area (Å²) in [5, 5.41) is 5.57. The highest BCUT2D eigenvalue weighted by Crippen LogP contribution is 2.33. The van der Waals surface area contributed by atoms with Crippen molar-refractivity contribution in [3.8, 4) is 17.1 Å². The lowest BCUT2D eigenvalue weighted by Gasteiger charge is -2.02. The number of nitrogens with zero attached hydrogens (tertiary/aromatic N) is 3. The Kier molecular flexibility index (Phi) is 3.34. The predicted molar refractivity (Wildman–Crippen MR) is 81.2 cm³/mol. The summed E-state index contributed by atoms with van der Waals surface area (Å²) in [7, 11) is 0. The van der Waals surface area contributed by atoms with Gasteiger partial charge in [0.25, 0.3) is 0 Å². The molecule has 0 aliphatic heterocycles. The van der Waals surface area contributed by atoms with Crippen molar-refractivity contribution in [1.82, 2.24) is 14.8 Å². The molecule has 0 aliphatic carbocycles. The van der Waals surface area contributed by atoms with Crippen LogP contribution in [0.15, 0.2) is 48.8 Å². The molecule has 1 aromatic carbocycles. The van der Waals surface area contributed by atoms with Gasteiger partial charge < -0.3 is 5.73 Å². The van der Waals surface area contributed by atoms with Gasteiger partial charge in [0.1, 0.15) is 5.69 Å². The van der Waals surface area contributed by atoms with Crippen LogP contribution in [0.2, 0.25) is 10.0 Å². The van der Waals surface area contributed by atoms with Crippen LogP contribution in [0.1, 0.15) is 0 Å². The zero-order valence-electron chi connectivity index (χ0n) is 10.3. The number of pyridine rings is 1. The van der Waals surface area contributed by atoms with Gasteiger partial charge in [-0.3, -0.25) is 0 Å². The second kappa shape index (κ2) is 5.15. The minimum atomic E-state index is 0.514. The maximum absolute atomic E-state index is 6.18. The van der Waals surface area contributed by atoms with Gasteiger partial charge >= 0.3 is 0 Å². The van der Waals surface area contributed by atoms with Crippen molar-refractivity contribution < 1.29 is 0 Å². The quantitative estimate of drug-likeness (QED) is 0.783. The number of rotatable bonds is 2. The molecule has 100 valence electrons. The molecule has 2 N–H and O–H groups in total. The molecule has 20 heavy (non-hydrogen) atoms. The third-order valence-corrected chi connectivity index (χ3v) is 3.37. The van der Waals surface area contributed by atoms with Crippen molar-refractivity contribution in [2.45, 2.75) is 0 Å². The van der Waals surface area contributed by atoms with Gasteiger partial charge in [-0.1, -0.05) is 29.3 Å². The third-order valence-electron chi connectivity index (χ3n) is 2.81. The highest BCUT2D eigenvalue weighted by atomic mass is 35.5. The first-order valence-corrected chi connectivity index (χ1v) is 6.63. The summed E-state index contributed by atoms with van der Waals surface area (Å²) in [6.07, 6.45) is 3.40. The average Bonchev–Trinajstić information content (AvgIpc) is 2.84. The van der Waals surface area contributed by atoms with Crippen LogP contribution in [0.4, 0.5) is 5.69 Å². The van der Waals surface area contributed by atoms with Crippen LogP contribution < -0.4 is 5.73 Å². The van der Waals surface area contributed by atoms with Gasteiger partial charge in [-0.05, 0) is 30.3 Å². The zero-order valence-corrected chi connectivity index (χ0v) is 11.8. The number of hydrogen-bond donors (Lipinski definition) is 1. The van der Waals surface area contributed by atoms with Crippen molar-refractivity contribution in [2.24, 2.45) is 0 Å². The number of aromatic nitrogens is 3. The highest BCUT2D eigenvalue weighted by Gasteiger charge is 2.13. The number of nitrogen functional groups attached to an aromatic ring is 1. The molecule has 0 bridgehead atoms. The average molecular weight is 305 g/mol. The van der Waals surface area contributed by atoms with E-state index < -0.39 is 0 Å². The van der Waals surface area contributed by atoms with E-state index in [1.54, 1.807) is 35.3 Å². The monoisotopic (exact) mass is 304 g/mol. The standard InChI is InChI=1S/C14H10Cl2N4/c15-9-4-5-11(16)10(7-9)14-12(17)8-20(19-14)13-3-1-2-6-18-13/h1-8H,17H2. The topological polar surface area (TPSA) is 56.7 Å². The molecule has 4 nitrogen and oxygen atoms in total. The van der Waals surface area contributed by atoms with E-state index in [0.29, 0.717) is 32.8 Å². The Hall–Kier alpha value is -2.04. The van der Waals surface area contributed by atoms with Gasteiger partial charge in [-0.25, -0.2) is 9.67 Å². The predicted octanol–water partition coefficient (Wildman–Crippen LogP) is 3.82. The zero-order chi connectivity index (χ0) is 14.1. The van der Waals surface area contributed by atoms with Crippen LogP contribution in [0.5, 0.6) is 0 Å². The van der Waals surface area contributed by atoms with Gasteiger partial charge in [-0.15, -0.1) is 0 Å². The number of nitrogens with two attached hydrogens (primary N) is 1. The van der Waals surface area contributed by atoms with Gasteiger partial charge in [0.2, 0.25) is 0 Å². The molecule has 0 fully saturated rings. The van der Waals surface area contributed by atoms with Crippen molar-refractivity contribution >= 4 is 28.9 Å². The van der Waals surface area contributed by atoms with E-state index in [4.69, 9.17) is 28.9 Å². The lowest BCUT2D eigenvalue weighted by Crippen LogP contribution is -1.97. The second-order valence-corrected chi connectivity index (χ2v) is 5.03. The van der Waals surface area contributed by atoms with Gasteiger partial charge in [-0.2, -0.15) is 5.10 Å². The van der Waals surface area contributed by atoms with Gasteiger partial charge in [0, 0.05) is 16.8 Å². The Morgan fingerprint density at radius 1 is 1.10 bits per heavy atom. The Morgan fingerprint density at radius 3 is 2.70 bits per heavy atom. The van der Waals surface area contributed by atoms with E-state index in [0.717, 1.165) is 0 Å². The van der Waals surface area contributed by atoms with Crippen LogP contribution >= 0.6 is 23.2 Å². The number of hydrogen-bond acceptors (Lipinski definition) is 3. The van der Waals surface area contributed by atoms with Crippen LogP contribution in [-0.4, -0.2) is 14.8 Å². The highest BCUT2D eigenvalue weighted by molar-refractivity contribution is 6.35. The molecule has 2 aromatic heterocycles. The fraction of sp³-hybridized carbons (Fsp3) is 0. The number of benzene rings is 1. The maximum atomic E-state index is 6.18. The molecule has 0 saturated carbocycles. The fourth-order valence-electron chi connectivity index (χ4n) is 1.88. The summed E-state index contributed by atoms with van der Waals surface area (Å²) in [6.45, 7) is 0. The van der Waals surface area contributed by atoms with Crippen LogP contribution in [0.25, 0.3) is 17.1 Å². The number of anilines is 1. The first-order chi connectivity index (χ1) is 9.65. The molecule has 0 saturated heterocycles. The first-order valence-electron chi connectivity index (χ1n) is 5.87. The fourth-order valence-corrected chi connectivity index (χ4v) is 2.26. The minimum Gasteiger partial charge on any atom is -0.396 e. The molecular formula is C14H10Cl2N4. The van der Waals surface area contributed by atoms with Gasteiger partial charge in [0.15, 0.2) is 5.82 Å². The number of halogens is 2. The molecule has 2 heterocycles. The summed E-state index contributed by atoms with van der Waals surface area (Å²) in [5.74, 6) is 0.684. The third kappa shape index (κ3) is 2.35. The summed E-state index contributed by atoms with van der Waals surface area (Å²) >= 11 is 12.2. The molecule has 0 unspecified atom stereocenters. The largest absolute Gasteiger partial charge is 0.396 e. The molecule has 3 aromatic rings. The van der Waals surface area contributed by atoms with Crippen molar-refractivity contribution in [1.29, 1.82) is 0 Å². The van der Waals surface area contributed by atoms with E-state index in [2.05, 4.69) is 10.1 Å². The Labute approximate surface area is 125 Å². The summed E-state index contributed by atoms with van der Waals surface area (Å²) in [5.41, 5.74) is 7.82. The molecule has 0 atom stereocenters. The van der Waals surface area contributed by atoms with Crippen molar-refractivity contribution in [2.75, 3.05) is 5.73 Å². The smallest absolute Gasteiger partial charge is 0.153 e. The summed E-state index contributed by atoms with van der Waals surface area (Å²) < 4.78 is 1.61. The van der Waals surface area contributed by atoms with E-state index in [1.807, 2.05) is 18.2 Å². The van der Waals surface area contributed by atoms with Crippen LogP contribution in [0, 0.1) is 0 Å².